The fraction of sp³-hybridized carbons (Fsp3) is 0.368. The summed E-state index contributed by atoms with van der Waals surface area (Å²) in [7, 11) is 2.04. The van der Waals surface area contributed by atoms with Crippen molar-refractivity contribution in [2.24, 2.45) is 0 Å². The quantitative estimate of drug-likeness (QED) is 0.568. The van der Waals surface area contributed by atoms with E-state index in [0.717, 1.165) is 42.4 Å². The summed E-state index contributed by atoms with van der Waals surface area (Å²) < 4.78 is 40.8. The summed E-state index contributed by atoms with van der Waals surface area (Å²) in [6.45, 7) is 3.99. The second-order valence-electron chi connectivity index (χ2n) is 6.13. The SMILES string of the molecule is CCCN(C)CCc1c[nH]c2ccc(OC(F)(F)F)cc12.O=C(O)/C=C/C(=O)O. The molecular formula is C19H23F3N2O5. The summed E-state index contributed by atoms with van der Waals surface area (Å²) in [5.74, 6) is -2.70. The molecule has 0 radical (unpaired) electrons. The first-order chi connectivity index (χ1) is 13.5. The molecule has 0 spiro atoms. The van der Waals surface area contributed by atoms with Crippen molar-refractivity contribution in [2.45, 2.75) is 26.1 Å². The van der Waals surface area contributed by atoms with Crippen LogP contribution in [-0.2, 0) is 16.0 Å². The van der Waals surface area contributed by atoms with Gasteiger partial charge in [0, 0.05) is 35.8 Å². The molecule has 2 rings (SSSR count). The predicted octanol–water partition coefficient (Wildman–Crippen LogP) is 3.66. The molecule has 29 heavy (non-hydrogen) atoms. The summed E-state index contributed by atoms with van der Waals surface area (Å²) >= 11 is 0. The van der Waals surface area contributed by atoms with Crippen molar-refractivity contribution < 1.29 is 37.7 Å². The number of rotatable bonds is 8. The highest BCUT2D eigenvalue weighted by atomic mass is 19.4. The van der Waals surface area contributed by atoms with Crippen molar-refractivity contribution in [1.82, 2.24) is 9.88 Å². The van der Waals surface area contributed by atoms with Crippen LogP contribution in [0.5, 0.6) is 5.75 Å². The number of carboxylic acids is 2. The lowest BCUT2D eigenvalue weighted by Gasteiger charge is -2.14. The monoisotopic (exact) mass is 416 g/mol. The number of carboxylic acid groups (broad SMARTS) is 2. The third-order valence-electron chi connectivity index (χ3n) is 3.71. The molecule has 0 fully saturated rings. The van der Waals surface area contributed by atoms with Crippen molar-refractivity contribution in [2.75, 3.05) is 20.1 Å². The van der Waals surface area contributed by atoms with Gasteiger partial charge in [-0.2, -0.15) is 0 Å². The van der Waals surface area contributed by atoms with Crippen LogP contribution >= 0.6 is 0 Å². The van der Waals surface area contributed by atoms with E-state index in [0.29, 0.717) is 12.2 Å². The largest absolute Gasteiger partial charge is 0.573 e. The molecule has 160 valence electrons. The molecule has 1 aromatic heterocycles. The van der Waals surface area contributed by atoms with E-state index in [1.807, 2.05) is 13.2 Å². The van der Waals surface area contributed by atoms with Crippen LogP contribution in [0.15, 0.2) is 36.5 Å². The summed E-state index contributed by atoms with van der Waals surface area (Å²) in [6.07, 6.45) is 0.165. The normalized spacial score (nSPS) is 11.5. The first-order valence-corrected chi connectivity index (χ1v) is 8.70. The Kier molecular flexibility index (Phi) is 9.20. The maximum Gasteiger partial charge on any atom is 0.573 e. The summed E-state index contributed by atoms with van der Waals surface area (Å²) in [4.78, 5) is 24.4. The number of aromatic nitrogens is 1. The van der Waals surface area contributed by atoms with Crippen LogP contribution in [0, 0.1) is 0 Å². The van der Waals surface area contributed by atoms with Gasteiger partial charge in [-0.05, 0) is 50.2 Å². The highest BCUT2D eigenvalue weighted by molar-refractivity contribution is 5.89. The molecule has 2 aromatic rings. The van der Waals surface area contributed by atoms with Crippen LogP contribution in [0.25, 0.3) is 10.9 Å². The van der Waals surface area contributed by atoms with Gasteiger partial charge in [-0.15, -0.1) is 13.2 Å². The smallest absolute Gasteiger partial charge is 0.478 e. The Hall–Kier alpha value is -3.01. The summed E-state index contributed by atoms with van der Waals surface area (Å²) in [5, 5.41) is 16.4. The second kappa shape index (κ2) is 11.1. The zero-order valence-electron chi connectivity index (χ0n) is 16.0. The van der Waals surface area contributed by atoms with Gasteiger partial charge in [0.05, 0.1) is 0 Å². The van der Waals surface area contributed by atoms with Gasteiger partial charge in [-0.1, -0.05) is 6.92 Å². The van der Waals surface area contributed by atoms with E-state index in [1.165, 1.54) is 12.1 Å². The lowest BCUT2D eigenvalue weighted by atomic mass is 10.1. The molecule has 1 heterocycles. The Bertz CT molecular complexity index is 830. The number of hydrogen-bond donors (Lipinski definition) is 3. The minimum Gasteiger partial charge on any atom is -0.478 e. The van der Waals surface area contributed by atoms with Crippen LogP contribution in [-0.4, -0.2) is 58.5 Å². The lowest BCUT2D eigenvalue weighted by molar-refractivity contribution is -0.274. The molecule has 0 unspecified atom stereocenters. The lowest BCUT2D eigenvalue weighted by Crippen LogP contribution is -2.21. The molecule has 0 saturated carbocycles. The number of halogens is 3. The van der Waals surface area contributed by atoms with Crippen molar-refractivity contribution in [3.8, 4) is 5.75 Å². The number of carbonyl (C=O) groups is 2. The zero-order valence-corrected chi connectivity index (χ0v) is 16.0. The van der Waals surface area contributed by atoms with E-state index < -0.39 is 18.3 Å². The van der Waals surface area contributed by atoms with E-state index in [9.17, 15) is 22.8 Å². The Labute approximate surface area is 165 Å². The van der Waals surface area contributed by atoms with Gasteiger partial charge in [-0.25, -0.2) is 9.59 Å². The summed E-state index contributed by atoms with van der Waals surface area (Å²) in [6, 6.07) is 4.36. The van der Waals surface area contributed by atoms with E-state index in [4.69, 9.17) is 10.2 Å². The number of H-pyrrole nitrogens is 1. The first kappa shape index (κ1) is 24.0. The number of aromatic amines is 1. The Morgan fingerprint density at radius 3 is 2.31 bits per heavy atom. The van der Waals surface area contributed by atoms with Crippen LogP contribution in [0.3, 0.4) is 0 Å². The van der Waals surface area contributed by atoms with Crippen molar-refractivity contribution >= 4 is 22.8 Å². The number of hydrogen-bond acceptors (Lipinski definition) is 4. The van der Waals surface area contributed by atoms with Crippen LogP contribution in [0.1, 0.15) is 18.9 Å². The number of fused-ring (bicyclic) bond motifs is 1. The number of alkyl halides is 3. The van der Waals surface area contributed by atoms with Gasteiger partial charge < -0.3 is 24.8 Å². The predicted molar refractivity (Wildman–Crippen MR) is 101 cm³/mol. The Morgan fingerprint density at radius 1 is 1.17 bits per heavy atom. The average molecular weight is 416 g/mol. The minimum absolute atomic E-state index is 0.183. The van der Waals surface area contributed by atoms with Crippen LogP contribution < -0.4 is 4.74 Å². The van der Waals surface area contributed by atoms with Gasteiger partial charge in [0.25, 0.3) is 0 Å². The minimum atomic E-state index is -4.66. The van der Waals surface area contributed by atoms with Gasteiger partial charge in [-0.3, -0.25) is 0 Å². The number of benzene rings is 1. The number of aliphatic carboxylic acids is 2. The van der Waals surface area contributed by atoms with Crippen molar-refractivity contribution in [3.63, 3.8) is 0 Å². The molecule has 1 aromatic carbocycles. The molecule has 0 aliphatic carbocycles. The van der Waals surface area contributed by atoms with E-state index >= 15 is 0 Å². The number of likely N-dealkylation sites (N-methyl/N-ethyl adjacent to an activating group) is 1. The molecular weight excluding hydrogens is 393 g/mol. The Balaban J connectivity index is 0.000000447. The highest BCUT2D eigenvalue weighted by Gasteiger charge is 2.31. The third-order valence-corrected chi connectivity index (χ3v) is 3.71. The molecule has 3 N–H and O–H groups in total. The van der Waals surface area contributed by atoms with Gasteiger partial charge in [0.2, 0.25) is 0 Å². The van der Waals surface area contributed by atoms with Gasteiger partial charge >= 0.3 is 18.3 Å². The molecule has 0 saturated heterocycles. The number of nitrogens with one attached hydrogen (secondary N) is 1. The van der Waals surface area contributed by atoms with E-state index in [-0.39, 0.29) is 5.75 Å². The van der Waals surface area contributed by atoms with Gasteiger partial charge in [0.15, 0.2) is 0 Å². The first-order valence-electron chi connectivity index (χ1n) is 8.70. The summed E-state index contributed by atoms with van der Waals surface area (Å²) in [5.41, 5.74) is 1.82. The van der Waals surface area contributed by atoms with E-state index in [1.54, 1.807) is 6.07 Å². The maximum absolute atomic E-state index is 12.3. The molecule has 7 nitrogen and oxygen atoms in total. The molecule has 0 aliphatic rings. The van der Waals surface area contributed by atoms with Crippen molar-refractivity contribution in [3.05, 3.63) is 42.1 Å². The van der Waals surface area contributed by atoms with Crippen molar-refractivity contribution in [1.29, 1.82) is 0 Å². The molecule has 0 bridgehead atoms. The molecule has 0 atom stereocenters. The standard InChI is InChI=1S/C15H19F3N2O.C4H4O4/c1-3-7-20(2)8-6-11-10-19-14-5-4-12(9-13(11)14)21-15(16,17)18;5-3(6)1-2-4(7)8/h4-5,9-10,19H,3,6-8H2,1-2H3;1-2H,(H,5,6)(H,7,8)/b;2-1+. The fourth-order valence-electron chi connectivity index (χ4n) is 2.51. The molecule has 0 aliphatic heterocycles. The van der Waals surface area contributed by atoms with Crippen LogP contribution in [0.4, 0.5) is 13.2 Å². The van der Waals surface area contributed by atoms with Gasteiger partial charge in [0.1, 0.15) is 5.75 Å². The topological polar surface area (TPSA) is 103 Å². The van der Waals surface area contributed by atoms with E-state index in [2.05, 4.69) is 21.5 Å². The average Bonchev–Trinajstić information content (AvgIpc) is 3.00. The maximum atomic E-state index is 12.3. The highest BCUT2D eigenvalue weighted by Crippen LogP contribution is 2.28. The molecule has 0 amide bonds. The third kappa shape index (κ3) is 9.65. The number of nitrogens with zero attached hydrogens (tertiary/aromatic N) is 1. The number of ether oxygens (including phenoxy) is 1. The fourth-order valence-corrected chi connectivity index (χ4v) is 2.51. The Morgan fingerprint density at radius 2 is 1.79 bits per heavy atom. The molecule has 10 heteroatoms. The van der Waals surface area contributed by atoms with Crippen LogP contribution in [0.2, 0.25) is 0 Å². The zero-order chi connectivity index (χ0) is 22.0. The second-order valence-corrected chi connectivity index (χ2v) is 6.13.